The maximum absolute atomic E-state index is 11.5. The molecule has 1 fully saturated rings. The molecule has 0 aliphatic carbocycles. The fourth-order valence-electron chi connectivity index (χ4n) is 2.00. The van der Waals surface area contributed by atoms with E-state index in [1.807, 2.05) is 31.3 Å². The average Bonchev–Trinajstić information content (AvgIpc) is 2.85. The first-order chi connectivity index (χ1) is 7.24. The molecule has 15 heavy (non-hydrogen) atoms. The minimum absolute atomic E-state index is 0.0348. The second-order valence-corrected chi connectivity index (χ2v) is 3.63. The van der Waals surface area contributed by atoms with E-state index < -0.39 is 0 Å². The number of ether oxygens (including phenoxy) is 1. The Labute approximate surface area is 88.7 Å². The van der Waals surface area contributed by atoms with Crippen molar-refractivity contribution in [2.75, 3.05) is 20.8 Å². The Hall–Kier alpha value is -1.26. The number of rotatable bonds is 2. The quantitative estimate of drug-likeness (QED) is 0.539. The number of hydrogen-bond donors (Lipinski definition) is 0. The lowest BCUT2D eigenvalue weighted by Crippen LogP contribution is -2.26. The number of carbonyl (C=O) groups excluding carboxylic acids is 1. The van der Waals surface area contributed by atoms with Crippen molar-refractivity contribution in [2.45, 2.75) is 6.04 Å². The molecule has 0 aromatic heterocycles. The summed E-state index contributed by atoms with van der Waals surface area (Å²) in [6.45, 7) is 0.388. The Kier molecular flexibility index (Phi) is 2.79. The van der Waals surface area contributed by atoms with Crippen LogP contribution in [-0.4, -0.2) is 31.8 Å². The van der Waals surface area contributed by atoms with Crippen LogP contribution in [0.4, 0.5) is 0 Å². The van der Waals surface area contributed by atoms with Gasteiger partial charge in [0, 0.05) is 13.1 Å². The number of hydroxylamine groups is 2. The fraction of sp³-hybridized carbons (Fsp3) is 0.455. The van der Waals surface area contributed by atoms with Crippen LogP contribution in [0.25, 0.3) is 0 Å². The van der Waals surface area contributed by atoms with E-state index in [0.29, 0.717) is 6.61 Å². The van der Waals surface area contributed by atoms with Crippen LogP contribution in [0, 0.1) is 5.92 Å². The minimum Gasteiger partial charge on any atom is -0.469 e. The van der Waals surface area contributed by atoms with Gasteiger partial charge in [0.15, 0.2) is 0 Å². The summed E-state index contributed by atoms with van der Waals surface area (Å²) in [6.07, 6.45) is 0. The first-order valence-electron chi connectivity index (χ1n) is 4.89. The summed E-state index contributed by atoms with van der Waals surface area (Å²) in [7, 11) is 3.24. The van der Waals surface area contributed by atoms with Gasteiger partial charge in [-0.3, -0.25) is 9.63 Å². The molecule has 1 aromatic rings. The van der Waals surface area contributed by atoms with Crippen molar-refractivity contribution in [1.29, 1.82) is 0 Å². The van der Waals surface area contributed by atoms with E-state index in [4.69, 9.17) is 9.57 Å². The van der Waals surface area contributed by atoms with Gasteiger partial charge in [-0.15, -0.1) is 0 Å². The van der Waals surface area contributed by atoms with Gasteiger partial charge >= 0.3 is 5.97 Å². The van der Waals surface area contributed by atoms with Crippen LogP contribution in [0.15, 0.2) is 24.3 Å². The maximum atomic E-state index is 11.5. The molecule has 0 radical (unpaired) electrons. The van der Waals surface area contributed by atoms with E-state index in [1.54, 1.807) is 5.06 Å². The van der Waals surface area contributed by atoms with E-state index in [2.05, 4.69) is 0 Å². The van der Waals surface area contributed by atoms with Crippen molar-refractivity contribution in [3.05, 3.63) is 29.8 Å². The molecule has 1 aromatic carbocycles. The summed E-state index contributed by atoms with van der Waals surface area (Å²) < 4.78 is 4.77. The second-order valence-electron chi connectivity index (χ2n) is 3.63. The van der Waals surface area contributed by atoms with E-state index >= 15 is 0 Å². The van der Waals surface area contributed by atoms with Gasteiger partial charge in [-0.05, 0) is 0 Å². The molecule has 0 amide bonds. The van der Waals surface area contributed by atoms with Crippen LogP contribution in [0.2, 0.25) is 0 Å². The lowest BCUT2D eigenvalue weighted by Gasteiger charge is -2.24. The SMILES string of the molecule is COC(=O)[C@H]1CON(C)[C@@H]1c1cc[cH-]c1. The highest BCUT2D eigenvalue weighted by Crippen LogP contribution is 2.34. The summed E-state index contributed by atoms with van der Waals surface area (Å²) in [4.78, 5) is 16.9. The largest absolute Gasteiger partial charge is 0.469 e. The first-order valence-corrected chi connectivity index (χ1v) is 4.89. The Balaban J connectivity index is 2.23. The number of nitrogens with zero attached hydrogens (tertiary/aromatic N) is 1. The summed E-state index contributed by atoms with van der Waals surface area (Å²) in [5, 5.41) is 1.72. The molecule has 0 spiro atoms. The standard InChI is InChI=1S/C11H14NO3/c1-12-10(8-5-3-4-6-8)9(7-15-12)11(13)14-2/h3-6,9-10H,7H2,1-2H3/q-1/t9-,10+/m0/s1. The van der Waals surface area contributed by atoms with Gasteiger partial charge in [0.05, 0.1) is 19.6 Å². The number of esters is 1. The second kappa shape index (κ2) is 4.08. The molecule has 0 bridgehead atoms. The Morgan fingerprint density at radius 2 is 2.53 bits per heavy atom. The van der Waals surface area contributed by atoms with Crippen LogP contribution in [-0.2, 0) is 14.4 Å². The lowest BCUT2D eigenvalue weighted by atomic mass is 9.96. The molecule has 4 heteroatoms. The minimum atomic E-state index is -0.234. The van der Waals surface area contributed by atoms with Gasteiger partial charge in [-0.25, -0.2) is 6.07 Å². The predicted octanol–water partition coefficient (Wildman–Crippen LogP) is 1.11. The highest BCUT2D eigenvalue weighted by Gasteiger charge is 2.37. The topological polar surface area (TPSA) is 38.8 Å². The number of hydrogen-bond acceptors (Lipinski definition) is 4. The van der Waals surface area contributed by atoms with Gasteiger partial charge in [0.2, 0.25) is 0 Å². The Bertz CT molecular complexity index is 334. The van der Waals surface area contributed by atoms with Crippen molar-refractivity contribution in [3.63, 3.8) is 0 Å². The normalized spacial score (nSPS) is 26.8. The van der Waals surface area contributed by atoms with Crippen molar-refractivity contribution in [3.8, 4) is 0 Å². The molecule has 0 saturated carbocycles. The lowest BCUT2D eigenvalue weighted by molar-refractivity contribution is -0.145. The van der Waals surface area contributed by atoms with Gasteiger partial charge in [-0.1, -0.05) is 0 Å². The van der Waals surface area contributed by atoms with Crippen molar-refractivity contribution in [1.82, 2.24) is 5.06 Å². The molecule has 1 aliphatic rings. The molecule has 1 aliphatic heterocycles. The van der Waals surface area contributed by atoms with Crippen molar-refractivity contribution in [2.24, 2.45) is 5.92 Å². The summed E-state index contributed by atoms with van der Waals surface area (Å²) in [5.41, 5.74) is 1.09. The molecule has 82 valence electrons. The van der Waals surface area contributed by atoms with Crippen LogP contribution in [0.3, 0.4) is 0 Å². The molecular weight excluding hydrogens is 194 g/mol. The average molecular weight is 208 g/mol. The monoisotopic (exact) mass is 208 g/mol. The maximum Gasteiger partial charge on any atom is 0.312 e. The third-order valence-electron chi connectivity index (χ3n) is 2.76. The fourth-order valence-corrected chi connectivity index (χ4v) is 2.00. The van der Waals surface area contributed by atoms with Gasteiger partial charge in [0.25, 0.3) is 0 Å². The summed E-state index contributed by atoms with van der Waals surface area (Å²) in [6, 6.07) is 7.86. The highest BCUT2D eigenvalue weighted by atomic mass is 16.7. The number of methoxy groups -OCH3 is 1. The van der Waals surface area contributed by atoms with Crippen molar-refractivity contribution >= 4 is 5.97 Å². The van der Waals surface area contributed by atoms with Crippen LogP contribution >= 0.6 is 0 Å². The predicted molar refractivity (Wildman–Crippen MR) is 54.0 cm³/mol. The van der Waals surface area contributed by atoms with Crippen LogP contribution < -0.4 is 0 Å². The molecule has 0 unspecified atom stereocenters. The summed E-state index contributed by atoms with van der Waals surface area (Å²) >= 11 is 0. The van der Waals surface area contributed by atoms with Crippen LogP contribution in [0.5, 0.6) is 0 Å². The van der Waals surface area contributed by atoms with Gasteiger partial charge < -0.3 is 4.74 Å². The molecule has 0 N–H and O–H groups in total. The Morgan fingerprint density at radius 1 is 1.73 bits per heavy atom. The zero-order valence-electron chi connectivity index (χ0n) is 8.84. The third-order valence-corrected chi connectivity index (χ3v) is 2.76. The highest BCUT2D eigenvalue weighted by molar-refractivity contribution is 5.74. The number of carbonyl (C=O) groups is 1. The summed E-state index contributed by atoms with van der Waals surface area (Å²) in [5.74, 6) is -0.451. The van der Waals surface area contributed by atoms with Crippen molar-refractivity contribution < 1.29 is 14.4 Å². The zero-order chi connectivity index (χ0) is 10.8. The molecule has 4 nitrogen and oxygen atoms in total. The van der Waals surface area contributed by atoms with Crippen LogP contribution in [0.1, 0.15) is 11.6 Å². The Morgan fingerprint density at radius 3 is 3.13 bits per heavy atom. The molecule has 1 saturated heterocycles. The molecule has 1 heterocycles. The van der Waals surface area contributed by atoms with Gasteiger partial charge in [0.1, 0.15) is 0 Å². The van der Waals surface area contributed by atoms with E-state index in [9.17, 15) is 4.79 Å². The van der Waals surface area contributed by atoms with E-state index in [0.717, 1.165) is 5.56 Å². The molecule has 2 atom stereocenters. The smallest absolute Gasteiger partial charge is 0.312 e. The first kappa shape index (κ1) is 10.3. The van der Waals surface area contributed by atoms with Gasteiger partial charge in [-0.2, -0.15) is 28.8 Å². The van der Waals surface area contributed by atoms with E-state index in [-0.39, 0.29) is 17.9 Å². The van der Waals surface area contributed by atoms with E-state index in [1.165, 1.54) is 7.11 Å². The molecular formula is C11H14NO3-. The molecule has 2 rings (SSSR count). The zero-order valence-corrected chi connectivity index (χ0v) is 8.84. The third kappa shape index (κ3) is 1.78.